The Morgan fingerprint density at radius 3 is 2.45 bits per heavy atom. The van der Waals surface area contributed by atoms with Crippen LogP contribution in [0.15, 0.2) is 48.7 Å². The van der Waals surface area contributed by atoms with Crippen molar-refractivity contribution in [3.63, 3.8) is 0 Å². The van der Waals surface area contributed by atoms with Crippen LogP contribution in [0.4, 0.5) is 10.5 Å². The summed E-state index contributed by atoms with van der Waals surface area (Å²) in [5.41, 5.74) is 4.29. The van der Waals surface area contributed by atoms with Gasteiger partial charge >= 0.3 is 12.1 Å². The molecule has 2 aromatic carbocycles. The van der Waals surface area contributed by atoms with Gasteiger partial charge < -0.3 is 9.47 Å². The number of amides is 1. The Kier molecular flexibility index (Phi) is 5.97. The number of carbonyl (C=O) groups excluding carboxylic acids is 2. The van der Waals surface area contributed by atoms with Gasteiger partial charge in [0, 0.05) is 18.8 Å². The molecule has 0 fully saturated rings. The Morgan fingerprint density at radius 1 is 1.14 bits per heavy atom. The molecule has 1 amide bonds. The minimum Gasteiger partial charge on any atom is -0.465 e. The van der Waals surface area contributed by atoms with Crippen LogP contribution in [0.5, 0.6) is 5.75 Å². The molecule has 7 nitrogen and oxygen atoms in total. The van der Waals surface area contributed by atoms with Crippen LogP contribution in [-0.2, 0) is 18.2 Å². The summed E-state index contributed by atoms with van der Waals surface area (Å²) in [7, 11) is 3.13. The van der Waals surface area contributed by atoms with Gasteiger partial charge in [-0.25, -0.2) is 9.59 Å². The first-order valence-corrected chi connectivity index (χ1v) is 9.22. The van der Waals surface area contributed by atoms with Crippen molar-refractivity contribution in [1.82, 2.24) is 9.78 Å². The highest BCUT2D eigenvalue weighted by atomic mass is 16.6. The molecule has 1 aromatic heterocycles. The van der Waals surface area contributed by atoms with Crippen LogP contribution >= 0.6 is 0 Å². The zero-order valence-electron chi connectivity index (χ0n) is 16.9. The largest absolute Gasteiger partial charge is 0.465 e. The number of nitrogens with one attached hydrogen (secondary N) is 1. The predicted molar refractivity (Wildman–Crippen MR) is 110 cm³/mol. The van der Waals surface area contributed by atoms with Crippen LogP contribution in [-0.4, -0.2) is 29.0 Å². The van der Waals surface area contributed by atoms with E-state index < -0.39 is 12.1 Å². The number of aryl methyl sites for hydroxylation is 3. The standard InChI is InChI=1S/C22H23N3O4/c1-5-15-12-19(24-22(27)29-16-8-6-14(2)7-9-16)18(21(26)28-4)13-17(15)20-10-11-23-25(20)3/h6-13H,5H2,1-4H3,(H,24,27). The molecule has 0 saturated carbocycles. The van der Waals surface area contributed by atoms with Crippen molar-refractivity contribution in [3.8, 4) is 17.0 Å². The quantitative estimate of drug-likeness (QED) is 0.652. The molecule has 7 heteroatoms. The topological polar surface area (TPSA) is 82.4 Å². The molecule has 0 spiro atoms. The first-order chi connectivity index (χ1) is 13.9. The van der Waals surface area contributed by atoms with E-state index in [1.54, 1.807) is 35.1 Å². The molecule has 0 radical (unpaired) electrons. The third-order valence-electron chi connectivity index (χ3n) is 4.59. The maximum atomic E-state index is 12.4. The van der Waals surface area contributed by atoms with Crippen LogP contribution in [0.2, 0.25) is 0 Å². The van der Waals surface area contributed by atoms with Crippen molar-refractivity contribution in [3.05, 3.63) is 65.4 Å². The summed E-state index contributed by atoms with van der Waals surface area (Å²) >= 11 is 0. The van der Waals surface area contributed by atoms with Crippen LogP contribution in [0, 0.1) is 6.92 Å². The van der Waals surface area contributed by atoms with E-state index in [4.69, 9.17) is 9.47 Å². The fourth-order valence-electron chi connectivity index (χ4n) is 3.04. The average molecular weight is 393 g/mol. The normalized spacial score (nSPS) is 10.5. The van der Waals surface area contributed by atoms with E-state index >= 15 is 0 Å². The molecule has 1 heterocycles. The lowest BCUT2D eigenvalue weighted by molar-refractivity contribution is 0.0602. The lowest BCUT2D eigenvalue weighted by Crippen LogP contribution is -2.19. The first-order valence-electron chi connectivity index (χ1n) is 9.22. The van der Waals surface area contributed by atoms with Gasteiger partial charge in [0.1, 0.15) is 5.75 Å². The smallest absolute Gasteiger partial charge is 0.417 e. The predicted octanol–water partition coefficient (Wildman–Crippen LogP) is 4.36. The maximum absolute atomic E-state index is 12.4. The second-order valence-corrected chi connectivity index (χ2v) is 6.57. The van der Waals surface area contributed by atoms with Crippen molar-refractivity contribution in [2.24, 2.45) is 7.05 Å². The van der Waals surface area contributed by atoms with Gasteiger partial charge in [-0.15, -0.1) is 0 Å². The van der Waals surface area contributed by atoms with Crippen molar-refractivity contribution < 1.29 is 19.1 Å². The number of rotatable bonds is 5. The first kappa shape index (κ1) is 20.1. The summed E-state index contributed by atoms with van der Waals surface area (Å²) in [6, 6.07) is 12.5. The highest BCUT2D eigenvalue weighted by molar-refractivity contribution is 6.01. The molecule has 3 rings (SSSR count). The molecule has 150 valence electrons. The molecule has 1 N–H and O–H groups in total. The van der Waals surface area contributed by atoms with E-state index in [-0.39, 0.29) is 5.56 Å². The number of anilines is 1. The van der Waals surface area contributed by atoms with Gasteiger partial charge in [0.25, 0.3) is 0 Å². The fourth-order valence-corrected chi connectivity index (χ4v) is 3.04. The summed E-state index contributed by atoms with van der Waals surface area (Å²) in [5, 5.41) is 6.86. The number of benzene rings is 2. The van der Waals surface area contributed by atoms with Crippen LogP contribution in [0.1, 0.15) is 28.4 Å². The minimum atomic E-state index is -0.686. The van der Waals surface area contributed by atoms with E-state index in [9.17, 15) is 9.59 Å². The van der Waals surface area contributed by atoms with E-state index in [0.717, 1.165) is 22.4 Å². The summed E-state index contributed by atoms with van der Waals surface area (Å²) in [6.07, 6.45) is 1.70. The number of nitrogens with zero attached hydrogens (tertiary/aromatic N) is 2. The van der Waals surface area contributed by atoms with Gasteiger partial charge in [-0.1, -0.05) is 24.6 Å². The highest BCUT2D eigenvalue weighted by Gasteiger charge is 2.20. The van der Waals surface area contributed by atoms with Crippen molar-refractivity contribution in [2.75, 3.05) is 12.4 Å². The second-order valence-electron chi connectivity index (χ2n) is 6.57. The van der Waals surface area contributed by atoms with Crippen molar-refractivity contribution in [1.29, 1.82) is 0 Å². The molecule has 0 aliphatic rings. The summed E-state index contributed by atoms with van der Waals surface area (Å²) in [5.74, 6) is -0.142. The fraction of sp³-hybridized carbons (Fsp3) is 0.227. The second kappa shape index (κ2) is 8.60. The average Bonchev–Trinajstić information content (AvgIpc) is 3.14. The Balaban J connectivity index is 1.96. The molecule has 3 aromatic rings. The number of esters is 1. The Bertz CT molecular complexity index is 1040. The van der Waals surface area contributed by atoms with Gasteiger partial charge in [-0.05, 0) is 49.2 Å². The molecular weight excluding hydrogens is 370 g/mol. The van der Waals surface area contributed by atoms with Gasteiger partial charge in [0.2, 0.25) is 0 Å². The Labute approximate surface area is 169 Å². The highest BCUT2D eigenvalue weighted by Crippen LogP contribution is 2.30. The molecule has 0 atom stereocenters. The van der Waals surface area contributed by atoms with Gasteiger partial charge in [0.15, 0.2) is 0 Å². The Morgan fingerprint density at radius 2 is 1.86 bits per heavy atom. The van der Waals surface area contributed by atoms with E-state index in [1.165, 1.54) is 7.11 Å². The molecule has 0 bridgehead atoms. The number of methoxy groups -OCH3 is 1. The molecule has 0 aliphatic carbocycles. The SMILES string of the molecule is CCc1cc(NC(=O)Oc2ccc(C)cc2)c(C(=O)OC)cc1-c1ccnn1C. The van der Waals surface area contributed by atoms with Crippen LogP contribution in [0.3, 0.4) is 0 Å². The number of carbonyl (C=O) groups is 2. The molecule has 29 heavy (non-hydrogen) atoms. The van der Waals surface area contributed by atoms with Crippen molar-refractivity contribution in [2.45, 2.75) is 20.3 Å². The van der Waals surface area contributed by atoms with Gasteiger partial charge in [-0.2, -0.15) is 5.10 Å². The van der Waals surface area contributed by atoms with E-state index in [1.807, 2.05) is 39.1 Å². The molecule has 0 aliphatic heterocycles. The number of hydrogen-bond acceptors (Lipinski definition) is 5. The molecule has 0 saturated heterocycles. The number of hydrogen-bond donors (Lipinski definition) is 1. The molecular formula is C22H23N3O4. The van der Waals surface area contributed by atoms with Crippen molar-refractivity contribution >= 4 is 17.7 Å². The lowest BCUT2D eigenvalue weighted by Gasteiger charge is -2.16. The number of aromatic nitrogens is 2. The monoisotopic (exact) mass is 393 g/mol. The zero-order valence-corrected chi connectivity index (χ0v) is 16.9. The van der Waals surface area contributed by atoms with Gasteiger partial charge in [0.05, 0.1) is 24.1 Å². The summed E-state index contributed by atoms with van der Waals surface area (Å²) < 4.78 is 12.0. The zero-order chi connectivity index (χ0) is 21.0. The Hall–Kier alpha value is -3.61. The maximum Gasteiger partial charge on any atom is 0.417 e. The lowest BCUT2D eigenvalue weighted by atomic mass is 9.97. The summed E-state index contributed by atoms with van der Waals surface area (Å²) in [4.78, 5) is 24.8. The van der Waals surface area contributed by atoms with Gasteiger partial charge in [-0.3, -0.25) is 10.00 Å². The number of ether oxygens (including phenoxy) is 2. The summed E-state index contributed by atoms with van der Waals surface area (Å²) in [6.45, 7) is 3.95. The van der Waals surface area contributed by atoms with Crippen LogP contribution < -0.4 is 10.1 Å². The third-order valence-corrected chi connectivity index (χ3v) is 4.59. The van der Waals surface area contributed by atoms with E-state index in [0.29, 0.717) is 17.9 Å². The van der Waals surface area contributed by atoms with E-state index in [2.05, 4.69) is 10.4 Å². The van der Waals surface area contributed by atoms with Crippen LogP contribution in [0.25, 0.3) is 11.3 Å². The minimum absolute atomic E-state index is 0.238. The molecule has 0 unspecified atom stereocenters. The third kappa shape index (κ3) is 4.45.